The molecule has 6 rings (SSSR count). The first-order valence-corrected chi connectivity index (χ1v) is 14.2. The molecule has 220 valence electrons. The summed E-state index contributed by atoms with van der Waals surface area (Å²) in [5.74, 6) is -1.33. The lowest BCUT2D eigenvalue weighted by molar-refractivity contribution is -0.120. The molecule has 4 heterocycles. The molecule has 2 N–H and O–H groups in total. The summed E-state index contributed by atoms with van der Waals surface area (Å²) in [6, 6.07) is 10.1. The van der Waals surface area contributed by atoms with E-state index >= 15 is 0 Å². The predicted molar refractivity (Wildman–Crippen MR) is 152 cm³/mol. The molecular weight excluding hydrogens is 542 g/mol. The topological polar surface area (TPSA) is 102 Å². The lowest BCUT2D eigenvalue weighted by Gasteiger charge is -2.41. The van der Waals surface area contributed by atoms with E-state index in [1.54, 1.807) is 28.0 Å². The maximum absolute atomic E-state index is 14.3. The summed E-state index contributed by atoms with van der Waals surface area (Å²) in [5.41, 5.74) is 3.12. The third-order valence-electron chi connectivity index (χ3n) is 8.46. The third-order valence-corrected chi connectivity index (χ3v) is 8.46. The molecule has 2 aromatic carbocycles. The number of hydrogen-bond donors (Lipinski definition) is 2. The summed E-state index contributed by atoms with van der Waals surface area (Å²) >= 11 is 0. The zero-order chi connectivity index (χ0) is 29.8. The number of phenols is 1. The van der Waals surface area contributed by atoms with Crippen molar-refractivity contribution in [2.45, 2.75) is 51.2 Å². The lowest BCUT2D eigenvalue weighted by Crippen LogP contribution is -2.60. The number of rotatable bonds is 6. The number of aromatic nitrogens is 2. The molecule has 2 amide bonds. The molecule has 1 aromatic heterocycles. The van der Waals surface area contributed by atoms with Crippen LogP contribution < -0.4 is 10.2 Å². The summed E-state index contributed by atoms with van der Waals surface area (Å²) < 4.78 is 27.7. The number of nitrogens with zero attached hydrogens (tertiary/aromatic N) is 5. The fourth-order valence-corrected chi connectivity index (χ4v) is 6.27. The first-order valence-electron chi connectivity index (χ1n) is 14.2. The number of nitrogens with one attached hydrogen (secondary N) is 1. The Labute approximate surface area is 243 Å². The van der Waals surface area contributed by atoms with Crippen LogP contribution in [0.25, 0.3) is 0 Å². The first kappa shape index (κ1) is 28.2. The van der Waals surface area contributed by atoms with Gasteiger partial charge < -0.3 is 20.2 Å². The SMILES string of the molecule is C[C@@H]1CN(CC(=O)N2CC(C)(C)c3nnc(Cc4ccc(F)cc4F)cc32)[C@@H](CN2Cc3cc(O)ccc3C2=O)CN1. The Morgan fingerprint density at radius 1 is 1.14 bits per heavy atom. The molecule has 0 saturated carbocycles. The number of fused-ring (bicyclic) bond motifs is 2. The van der Waals surface area contributed by atoms with Gasteiger partial charge in [-0.15, -0.1) is 0 Å². The van der Waals surface area contributed by atoms with E-state index in [1.165, 1.54) is 18.2 Å². The van der Waals surface area contributed by atoms with Gasteiger partial charge in [-0.25, -0.2) is 8.78 Å². The van der Waals surface area contributed by atoms with E-state index in [9.17, 15) is 23.5 Å². The van der Waals surface area contributed by atoms with Crippen LogP contribution >= 0.6 is 0 Å². The van der Waals surface area contributed by atoms with Gasteiger partial charge in [-0.05, 0) is 48.4 Å². The smallest absolute Gasteiger partial charge is 0.254 e. The zero-order valence-corrected chi connectivity index (χ0v) is 23.9. The highest BCUT2D eigenvalue weighted by molar-refractivity contribution is 5.99. The van der Waals surface area contributed by atoms with Crippen LogP contribution in [0.5, 0.6) is 5.75 Å². The summed E-state index contributed by atoms with van der Waals surface area (Å²) in [5, 5.41) is 22.1. The molecule has 1 saturated heterocycles. The van der Waals surface area contributed by atoms with Gasteiger partial charge in [0.15, 0.2) is 0 Å². The van der Waals surface area contributed by atoms with Crippen LogP contribution in [0.2, 0.25) is 0 Å². The first-order chi connectivity index (χ1) is 20.0. The fourth-order valence-electron chi connectivity index (χ4n) is 6.27. The normalized spacial score (nSPS) is 21.5. The van der Waals surface area contributed by atoms with Gasteiger partial charge in [0.05, 0.1) is 23.6 Å². The van der Waals surface area contributed by atoms with Crippen LogP contribution in [0.15, 0.2) is 42.5 Å². The monoisotopic (exact) mass is 576 g/mol. The number of carbonyl (C=O) groups excluding carboxylic acids is 2. The molecule has 1 fully saturated rings. The third kappa shape index (κ3) is 5.34. The van der Waals surface area contributed by atoms with Gasteiger partial charge in [-0.1, -0.05) is 19.9 Å². The van der Waals surface area contributed by atoms with Crippen molar-refractivity contribution < 1.29 is 23.5 Å². The second kappa shape index (κ2) is 10.7. The number of carbonyl (C=O) groups is 2. The quantitative estimate of drug-likeness (QED) is 0.465. The van der Waals surface area contributed by atoms with E-state index in [2.05, 4.69) is 27.3 Å². The van der Waals surface area contributed by atoms with Crippen molar-refractivity contribution in [2.75, 3.05) is 37.6 Å². The Hall–Kier alpha value is -3.96. The molecule has 0 bridgehead atoms. The summed E-state index contributed by atoms with van der Waals surface area (Å²) in [4.78, 5) is 32.6. The number of amides is 2. The van der Waals surface area contributed by atoms with Crippen LogP contribution in [-0.2, 0) is 23.2 Å². The van der Waals surface area contributed by atoms with Crippen LogP contribution in [0.4, 0.5) is 14.5 Å². The maximum atomic E-state index is 14.3. The van der Waals surface area contributed by atoms with Crippen molar-refractivity contribution in [3.8, 4) is 5.75 Å². The molecule has 3 aromatic rings. The van der Waals surface area contributed by atoms with Gasteiger partial charge in [0.1, 0.15) is 17.4 Å². The van der Waals surface area contributed by atoms with E-state index in [0.29, 0.717) is 60.9 Å². The van der Waals surface area contributed by atoms with Gasteiger partial charge in [-0.2, -0.15) is 10.2 Å². The molecular formula is C31H34F2N6O3. The molecule has 0 unspecified atom stereocenters. The number of anilines is 1. The number of piperazine rings is 1. The van der Waals surface area contributed by atoms with Crippen molar-refractivity contribution in [2.24, 2.45) is 0 Å². The van der Waals surface area contributed by atoms with Crippen LogP contribution in [-0.4, -0.2) is 81.7 Å². The summed E-state index contributed by atoms with van der Waals surface area (Å²) in [6.07, 6.45) is 0.121. The Bertz CT molecular complexity index is 1560. The van der Waals surface area contributed by atoms with E-state index in [1.807, 2.05) is 13.8 Å². The van der Waals surface area contributed by atoms with Gasteiger partial charge in [0.25, 0.3) is 5.91 Å². The second-order valence-electron chi connectivity index (χ2n) is 12.3. The molecule has 0 spiro atoms. The average molecular weight is 577 g/mol. The minimum Gasteiger partial charge on any atom is -0.508 e. The van der Waals surface area contributed by atoms with Crippen LogP contribution in [0.3, 0.4) is 0 Å². The molecule has 3 aliphatic rings. The highest BCUT2D eigenvalue weighted by Crippen LogP contribution is 2.39. The lowest BCUT2D eigenvalue weighted by atomic mass is 9.91. The van der Waals surface area contributed by atoms with Crippen molar-refractivity contribution in [1.29, 1.82) is 0 Å². The minimum absolute atomic E-state index is 0.0752. The molecule has 42 heavy (non-hydrogen) atoms. The Balaban J connectivity index is 1.20. The molecule has 3 aliphatic heterocycles. The standard InChI is InChI=1S/C31H34F2N6O3/c1-18-13-37(23(12-34-18)15-38-14-20-9-24(40)6-7-25(20)30(38)42)16-28(41)39-17-31(2,3)29-27(39)11-22(35-36-29)8-19-4-5-21(32)10-26(19)33/h4-7,9-11,18,23,34,40H,8,12-17H2,1-3H3/t18-,23-/m1/s1. The van der Waals surface area contributed by atoms with Gasteiger partial charge >= 0.3 is 0 Å². The number of halogens is 2. The largest absolute Gasteiger partial charge is 0.508 e. The molecule has 0 radical (unpaired) electrons. The van der Waals surface area contributed by atoms with Crippen LogP contribution in [0, 0.1) is 11.6 Å². The number of phenolic OH excluding ortho intramolecular Hbond substituents is 1. The maximum Gasteiger partial charge on any atom is 0.254 e. The predicted octanol–water partition coefficient (Wildman–Crippen LogP) is 2.99. The van der Waals surface area contributed by atoms with Crippen molar-refractivity contribution in [1.82, 2.24) is 25.3 Å². The van der Waals surface area contributed by atoms with Crippen molar-refractivity contribution >= 4 is 17.5 Å². The Kier molecular flexibility index (Phi) is 7.18. The molecule has 11 heteroatoms. The minimum atomic E-state index is -0.652. The molecule has 2 atom stereocenters. The van der Waals surface area contributed by atoms with E-state index in [0.717, 1.165) is 11.6 Å². The van der Waals surface area contributed by atoms with Gasteiger partial charge in [-0.3, -0.25) is 14.5 Å². The van der Waals surface area contributed by atoms with Gasteiger partial charge in [0, 0.05) is 68.3 Å². The fraction of sp³-hybridized carbons (Fsp3) is 0.419. The summed E-state index contributed by atoms with van der Waals surface area (Å²) in [6.45, 7) is 8.81. The number of aromatic hydroxyl groups is 1. The van der Waals surface area contributed by atoms with Crippen molar-refractivity contribution in [3.63, 3.8) is 0 Å². The highest BCUT2D eigenvalue weighted by Gasteiger charge is 2.42. The van der Waals surface area contributed by atoms with Crippen LogP contribution in [0.1, 0.15) is 53.6 Å². The van der Waals surface area contributed by atoms with E-state index in [-0.39, 0.29) is 42.6 Å². The summed E-state index contributed by atoms with van der Waals surface area (Å²) in [7, 11) is 0. The van der Waals surface area contributed by atoms with Gasteiger partial charge in [0.2, 0.25) is 5.91 Å². The number of hydrogen-bond acceptors (Lipinski definition) is 7. The second-order valence-corrected chi connectivity index (χ2v) is 12.3. The molecule has 0 aliphatic carbocycles. The zero-order valence-electron chi connectivity index (χ0n) is 23.9. The van der Waals surface area contributed by atoms with E-state index in [4.69, 9.17) is 0 Å². The molecule has 9 nitrogen and oxygen atoms in total. The van der Waals surface area contributed by atoms with Crippen molar-refractivity contribution in [3.05, 3.63) is 82.2 Å². The van der Waals surface area contributed by atoms with E-state index < -0.39 is 17.0 Å². The average Bonchev–Trinajstić information content (AvgIpc) is 3.38. The number of benzene rings is 2. The highest BCUT2D eigenvalue weighted by atomic mass is 19.1. The Morgan fingerprint density at radius 2 is 1.95 bits per heavy atom. The Morgan fingerprint density at radius 3 is 2.74 bits per heavy atom.